The Labute approximate surface area is 183 Å². The first-order valence-corrected chi connectivity index (χ1v) is 11.7. The third-order valence-corrected chi connectivity index (χ3v) is 7.82. The van der Waals surface area contributed by atoms with E-state index in [1.54, 1.807) is 65.9 Å². The number of nitrogens with one attached hydrogen (secondary N) is 1. The quantitative estimate of drug-likeness (QED) is 0.526. The summed E-state index contributed by atoms with van der Waals surface area (Å²) >= 11 is 13.3. The summed E-state index contributed by atoms with van der Waals surface area (Å²) in [6.07, 6.45) is 0.187. The van der Waals surface area contributed by atoms with E-state index in [1.165, 1.54) is 0 Å². The van der Waals surface area contributed by atoms with Crippen molar-refractivity contribution in [3.63, 3.8) is 0 Å². The summed E-state index contributed by atoms with van der Waals surface area (Å²) in [7, 11) is -1.89. The monoisotopic (exact) mass is 468 g/mol. The SMILES string of the molecule is CN(Cc1cccc(Cl)c1Cl)C(=O)Cc1ccc(NS(=O)(=O)c2cccs2)cc1. The second-order valence-electron chi connectivity index (χ2n) is 6.37. The Balaban J connectivity index is 1.61. The molecule has 0 atom stereocenters. The Kier molecular flexibility index (Phi) is 6.85. The summed E-state index contributed by atoms with van der Waals surface area (Å²) in [5.41, 5.74) is 1.99. The molecule has 3 rings (SSSR count). The molecule has 0 saturated carbocycles. The van der Waals surface area contributed by atoms with Crippen LogP contribution in [-0.4, -0.2) is 26.3 Å². The molecule has 29 heavy (non-hydrogen) atoms. The zero-order valence-corrected chi connectivity index (χ0v) is 18.6. The Hall–Kier alpha value is -2.06. The zero-order valence-electron chi connectivity index (χ0n) is 15.4. The average Bonchev–Trinajstić information content (AvgIpc) is 3.22. The molecule has 0 aliphatic heterocycles. The topological polar surface area (TPSA) is 66.5 Å². The van der Waals surface area contributed by atoms with Crippen LogP contribution in [0.4, 0.5) is 5.69 Å². The molecule has 0 spiro atoms. The highest BCUT2D eigenvalue weighted by molar-refractivity contribution is 7.94. The van der Waals surface area contributed by atoms with Crippen LogP contribution in [0.15, 0.2) is 64.2 Å². The molecule has 3 aromatic rings. The molecule has 0 aliphatic carbocycles. The number of hydrogen-bond acceptors (Lipinski definition) is 4. The van der Waals surface area contributed by atoms with E-state index in [-0.39, 0.29) is 16.5 Å². The van der Waals surface area contributed by atoms with E-state index in [1.807, 2.05) is 6.07 Å². The van der Waals surface area contributed by atoms with Crippen LogP contribution in [0, 0.1) is 0 Å². The smallest absolute Gasteiger partial charge is 0.271 e. The van der Waals surface area contributed by atoms with Gasteiger partial charge in [0.1, 0.15) is 4.21 Å². The van der Waals surface area contributed by atoms with Crippen LogP contribution >= 0.6 is 34.5 Å². The van der Waals surface area contributed by atoms with Crippen molar-refractivity contribution in [2.45, 2.75) is 17.2 Å². The van der Waals surface area contributed by atoms with Crippen molar-refractivity contribution in [2.24, 2.45) is 0 Å². The zero-order chi connectivity index (χ0) is 21.0. The van der Waals surface area contributed by atoms with Gasteiger partial charge in [0, 0.05) is 19.3 Å². The summed E-state index contributed by atoms with van der Waals surface area (Å²) in [4.78, 5) is 14.1. The van der Waals surface area contributed by atoms with E-state index in [4.69, 9.17) is 23.2 Å². The lowest BCUT2D eigenvalue weighted by atomic mass is 10.1. The maximum absolute atomic E-state index is 12.5. The normalized spacial score (nSPS) is 11.3. The van der Waals surface area contributed by atoms with Gasteiger partial charge in [-0.2, -0.15) is 0 Å². The first-order valence-electron chi connectivity index (χ1n) is 8.58. The van der Waals surface area contributed by atoms with Gasteiger partial charge in [0.15, 0.2) is 0 Å². The Bertz CT molecular complexity index is 1100. The molecule has 1 aromatic heterocycles. The van der Waals surface area contributed by atoms with E-state index >= 15 is 0 Å². The Morgan fingerprint density at radius 2 is 1.79 bits per heavy atom. The Morgan fingerprint density at radius 1 is 1.07 bits per heavy atom. The Morgan fingerprint density at radius 3 is 2.45 bits per heavy atom. The summed E-state index contributed by atoms with van der Waals surface area (Å²) in [5.74, 6) is -0.0899. The number of likely N-dealkylation sites (N-methyl/N-ethyl adjacent to an activating group) is 1. The molecule has 1 amide bonds. The molecular formula is C20H18Cl2N2O3S2. The fourth-order valence-corrected chi connectivity index (χ4v) is 5.07. The summed E-state index contributed by atoms with van der Waals surface area (Å²) in [6.45, 7) is 0.344. The van der Waals surface area contributed by atoms with Gasteiger partial charge in [0.05, 0.1) is 16.5 Å². The lowest BCUT2D eigenvalue weighted by Gasteiger charge is -2.18. The van der Waals surface area contributed by atoms with Gasteiger partial charge >= 0.3 is 0 Å². The first kappa shape index (κ1) is 21.6. The van der Waals surface area contributed by atoms with Crippen molar-refractivity contribution in [3.8, 4) is 0 Å². The average molecular weight is 469 g/mol. The van der Waals surface area contributed by atoms with E-state index in [0.29, 0.717) is 22.3 Å². The number of rotatable bonds is 7. The van der Waals surface area contributed by atoms with Gasteiger partial charge in [-0.25, -0.2) is 8.42 Å². The number of hydrogen-bond donors (Lipinski definition) is 1. The molecule has 0 aliphatic rings. The van der Waals surface area contributed by atoms with Gasteiger partial charge < -0.3 is 4.90 Å². The van der Waals surface area contributed by atoms with Crippen molar-refractivity contribution in [3.05, 3.63) is 81.1 Å². The van der Waals surface area contributed by atoms with Crippen LogP contribution in [0.2, 0.25) is 10.0 Å². The van der Waals surface area contributed by atoms with Crippen molar-refractivity contribution < 1.29 is 13.2 Å². The van der Waals surface area contributed by atoms with Crippen molar-refractivity contribution >= 4 is 56.2 Å². The molecular weight excluding hydrogens is 451 g/mol. The number of anilines is 1. The van der Waals surface area contributed by atoms with E-state index < -0.39 is 10.0 Å². The largest absolute Gasteiger partial charge is 0.341 e. The number of thiophene rings is 1. The molecule has 0 bridgehead atoms. The molecule has 1 N–H and O–H groups in total. The van der Waals surface area contributed by atoms with E-state index in [2.05, 4.69) is 4.72 Å². The fourth-order valence-electron chi connectivity index (χ4n) is 2.64. The number of benzene rings is 2. The minimum atomic E-state index is -3.59. The number of sulfonamides is 1. The van der Waals surface area contributed by atoms with Crippen molar-refractivity contribution in [2.75, 3.05) is 11.8 Å². The molecule has 0 unspecified atom stereocenters. The van der Waals surface area contributed by atoms with Gasteiger partial charge in [0.2, 0.25) is 5.91 Å². The van der Waals surface area contributed by atoms with Crippen LogP contribution in [-0.2, 0) is 27.8 Å². The van der Waals surface area contributed by atoms with Gasteiger partial charge in [-0.15, -0.1) is 11.3 Å². The standard InChI is InChI=1S/C20H18Cl2N2O3S2/c1-24(13-15-4-2-5-17(21)20(15)22)18(25)12-14-7-9-16(10-8-14)23-29(26,27)19-6-3-11-28-19/h2-11,23H,12-13H2,1H3. The van der Waals surface area contributed by atoms with Crippen LogP contribution < -0.4 is 4.72 Å². The second-order valence-corrected chi connectivity index (χ2v) is 10.0. The number of halogens is 2. The maximum Gasteiger partial charge on any atom is 0.271 e. The highest BCUT2D eigenvalue weighted by Crippen LogP contribution is 2.26. The third-order valence-electron chi connectivity index (χ3n) is 4.19. The van der Waals surface area contributed by atoms with Crippen LogP contribution in [0.3, 0.4) is 0 Å². The number of carbonyl (C=O) groups excluding carboxylic acids is 1. The minimum absolute atomic E-state index is 0.0899. The second kappa shape index (κ2) is 9.17. The molecule has 152 valence electrons. The minimum Gasteiger partial charge on any atom is -0.341 e. The van der Waals surface area contributed by atoms with Gasteiger partial charge in [-0.3, -0.25) is 9.52 Å². The lowest BCUT2D eigenvalue weighted by Crippen LogP contribution is -2.27. The molecule has 0 radical (unpaired) electrons. The van der Waals surface area contributed by atoms with Crippen LogP contribution in [0.5, 0.6) is 0 Å². The number of carbonyl (C=O) groups is 1. The summed E-state index contributed by atoms with van der Waals surface area (Å²) in [5, 5.41) is 2.60. The predicted molar refractivity (Wildman–Crippen MR) is 118 cm³/mol. The first-order chi connectivity index (χ1) is 13.8. The van der Waals surface area contributed by atoms with Gasteiger partial charge in [-0.05, 0) is 40.8 Å². The van der Waals surface area contributed by atoms with Crippen molar-refractivity contribution in [1.29, 1.82) is 0 Å². The molecule has 1 heterocycles. The van der Waals surface area contributed by atoms with Crippen LogP contribution in [0.25, 0.3) is 0 Å². The molecule has 2 aromatic carbocycles. The molecule has 5 nitrogen and oxygen atoms in total. The summed E-state index contributed by atoms with van der Waals surface area (Å²) < 4.78 is 27.3. The highest BCUT2D eigenvalue weighted by Gasteiger charge is 2.16. The number of nitrogens with zero attached hydrogens (tertiary/aromatic N) is 1. The molecule has 0 fully saturated rings. The lowest BCUT2D eigenvalue weighted by molar-refractivity contribution is -0.129. The summed E-state index contributed by atoms with van der Waals surface area (Å²) in [6, 6.07) is 15.3. The third kappa shape index (κ3) is 5.51. The van der Waals surface area contributed by atoms with E-state index in [9.17, 15) is 13.2 Å². The molecule has 9 heteroatoms. The van der Waals surface area contributed by atoms with Crippen LogP contribution in [0.1, 0.15) is 11.1 Å². The maximum atomic E-state index is 12.5. The van der Waals surface area contributed by atoms with Gasteiger partial charge in [0.25, 0.3) is 10.0 Å². The highest BCUT2D eigenvalue weighted by atomic mass is 35.5. The molecule has 0 saturated heterocycles. The van der Waals surface area contributed by atoms with E-state index in [0.717, 1.165) is 22.5 Å². The predicted octanol–water partition coefficient (Wildman–Crippen LogP) is 5.06. The van der Waals surface area contributed by atoms with Gasteiger partial charge in [-0.1, -0.05) is 53.5 Å². The fraction of sp³-hybridized carbons (Fsp3) is 0.150. The van der Waals surface area contributed by atoms with Crippen molar-refractivity contribution in [1.82, 2.24) is 4.90 Å². The number of amides is 1.